The lowest BCUT2D eigenvalue weighted by atomic mass is 9.92. The van der Waals surface area contributed by atoms with Gasteiger partial charge in [0.25, 0.3) is 0 Å². The molecular formula is C22H18ClF6N5. The van der Waals surface area contributed by atoms with E-state index in [2.05, 4.69) is 20.1 Å². The largest absolute Gasteiger partial charge is 0.418 e. The fraction of sp³-hybridized carbons (Fsp3) is 0.318. The fourth-order valence-corrected chi connectivity index (χ4v) is 4.18. The number of alkyl halides is 6. The Morgan fingerprint density at radius 2 is 1.53 bits per heavy atom. The number of halogens is 7. The first kappa shape index (κ1) is 24.1. The van der Waals surface area contributed by atoms with E-state index in [1.807, 2.05) is 20.8 Å². The number of rotatable bonds is 2. The van der Waals surface area contributed by atoms with Crippen LogP contribution in [0.25, 0.3) is 33.9 Å². The minimum Gasteiger partial charge on any atom is -0.335 e. The van der Waals surface area contributed by atoms with Gasteiger partial charge in [0.2, 0.25) is 0 Å². The molecule has 0 aliphatic rings. The van der Waals surface area contributed by atoms with E-state index in [0.29, 0.717) is 11.8 Å². The number of aryl methyl sites for hydroxylation is 1. The van der Waals surface area contributed by atoms with E-state index in [-0.39, 0.29) is 16.5 Å². The number of hydrogen-bond acceptors (Lipinski definition) is 3. The molecule has 3 aromatic heterocycles. The summed E-state index contributed by atoms with van der Waals surface area (Å²) in [7, 11) is 1.56. The monoisotopic (exact) mass is 501 g/mol. The van der Waals surface area contributed by atoms with E-state index in [0.717, 1.165) is 18.2 Å². The maximum absolute atomic E-state index is 13.9. The van der Waals surface area contributed by atoms with Crippen molar-refractivity contribution in [3.63, 3.8) is 0 Å². The summed E-state index contributed by atoms with van der Waals surface area (Å²) in [6.45, 7) is 5.62. The molecule has 5 nitrogen and oxygen atoms in total. The lowest BCUT2D eigenvalue weighted by Gasteiger charge is -2.15. The molecule has 4 rings (SSSR count). The Labute approximate surface area is 194 Å². The van der Waals surface area contributed by atoms with Crippen LogP contribution in [0, 0.1) is 0 Å². The van der Waals surface area contributed by atoms with Gasteiger partial charge in [-0.05, 0) is 12.1 Å². The zero-order valence-electron chi connectivity index (χ0n) is 18.3. The van der Waals surface area contributed by atoms with Gasteiger partial charge in [0, 0.05) is 18.0 Å². The quantitative estimate of drug-likeness (QED) is 0.300. The van der Waals surface area contributed by atoms with E-state index in [9.17, 15) is 26.3 Å². The van der Waals surface area contributed by atoms with Crippen molar-refractivity contribution in [1.29, 1.82) is 0 Å². The molecule has 0 spiro atoms. The summed E-state index contributed by atoms with van der Waals surface area (Å²) < 4.78 is 83.7. The van der Waals surface area contributed by atoms with E-state index in [1.165, 1.54) is 10.7 Å². The van der Waals surface area contributed by atoms with E-state index in [4.69, 9.17) is 11.6 Å². The molecule has 1 aromatic carbocycles. The molecule has 12 heteroatoms. The predicted molar refractivity (Wildman–Crippen MR) is 115 cm³/mol. The molecule has 34 heavy (non-hydrogen) atoms. The number of hydrogen-bond donors (Lipinski definition) is 1. The van der Waals surface area contributed by atoms with Crippen molar-refractivity contribution in [2.45, 2.75) is 38.5 Å². The normalized spacial score (nSPS) is 13.1. The van der Waals surface area contributed by atoms with Crippen molar-refractivity contribution in [2.24, 2.45) is 7.05 Å². The van der Waals surface area contributed by atoms with Crippen LogP contribution in [0.2, 0.25) is 5.02 Å². The molecule has 0 aliphatic carbocycles. The fourth-order valence-electron chi connectivity index (χ4n) is 3.65. The second kappa shape index (κ2) is 7.72. The van der Waals surface area contributed by atoms with Gasteiger partial charge >= 0.3 is 12.4 Å². The first-order chi connectivity index (χ1) is 15.6. The van der Waals surface area contributed by atoms with Gasteiger partial charge < -0.3 is 4.98 Å². The molecule has 0 unspecified atom stereocenters. The molecular weight excluding hydrogens is 484 g/mol. The maximum atomic E-state index is 13.9. The summed E-state index contributed by atoms with van der Waals surface area (Å²) in [6.07, 6.45) is -9.67. The van der Waals surface area contributed by atoms with Crippen LogP contribution in [0.1, 0.15) is 37.6 Å². The van der Waals surface area contributed by atoms with Crippen molar-refractivity contribution in [2.75, 3.05) is 0 Å². The van der Waals surface area contributed by atoms with Crippen LogP contribution in [0.3, 0.4) is 0 Å². The maximum Gasteiger partial charge on any atom is 0.418 e. The van der Waals surface area contributed by atoms with Crippen LogP contribution < -0.4 is 0 Å². The third-order valence-electron chi connectivity index (χ3n) is 5.20. The van der Waals surface area contributed by atoms with Gasteiger partial charge in [-0.25, -0.2) is 9.97 Å². The molecule has 0 saturated heterocycles. The number of fused-ring (bicyclic) bond motifs is 1. The summed E-state index contributed by atoms with van der Waals surface area (Å²) in [6, 6.07) is 4.88. The SMILES string of the molecule is Cn1nc(C(C)(C)C)c(Cl)c1-c1nc2nc(-c3ccccc3C(F)(F)F)cc(C(F)(F)F)c2[nH]1. The molecule has 0 amide bonds. The van der Waals surface area contributed by atoms with Gasteiger partial charge in [-0.2, -0.15) is 31.4 Å². The van der Waals surface area contributed by atoms with Crippen LogP contribution in [0.15, 0.2) is 30.3 Å². The summed E-state index contributed by atoms with van der Waals surface area (Å²) in [5.74, 6) is -0.0373. The van der Waals surface area contributed by atoms with Crippen molar-refractivity contribution < 1.29 is 26.3 Å². The van der Waals surface area contributed by atoms with Crippen molar-refractivity contribution in [3.05, 3.63) is 52.2 Å². The highest BCUT2D eigenvalue weighted by atomic mass is 35.5. The van der Waals surface area contributed by atoms with Crippen molar-refractivity contribution in [1.82, 2.24) is 24.7 Å². The minimum atomic E-state index is -4.89. The van der Waals surface area contributed by atoms with E-state index in [1.54, 1.807) is 7.05 Å². The van der Waals surface area contributed by atoms with Gasteiger partial charge in [0.1, 0.15) is 5.69 Å². The van der Waals surface area contributed by atoms with Crippen LogP contribution >= 0.6 is 11.6 Å². The molecule has 3 heterocycles. The zero-order chi connectivity index (χ0) is 25.2. The third-order valence-corrected chi connectivity index (χ3v) is 5.56. The average molecular weight is 502 g/mol. The molecule has 180 valence electrons. The molecule has 0 fully saturated rings. The Kier molecular flexibility index (Phi) is 5.47. The number of H-pyrrole nitrogens is 1. The lowest BCUT2D eigenvalue weighted by Crippen LogP contribution is -2.12. The number of aromatic nitrogens is 5. The highest BCUT2D eigenvalue weighted by Crippen LogP contribution is 2.41. The Hall–Kier alpha value is -3.08. The van der Waals surface area contributed by atoms with Gasteiger partial charge in [0.05, 0.1) is 33.1 Å². The number of nitrogens with one attached hydrogen (secondary N) is 1. The second-order valence-corrected chi connectivity index (χ2v) is 9.14. The van der Waals surface area contributed by atoms with E-state index >= 15 is 0 Å². The second-order valence-electron chi connectivity index (χ2n) is 8.76. The molecule has 1 N–H and O–H groups in total. The Balaban J connectivity index is 2.00. The predicted octanol–water partition coefficient (Wildman–Crippen LogP) is 7.01. The topological polar surface area (TPSA) is 59.4 Å². The molecule has 0 aliphatic heterocycles. The smallest absolute Gasteiger partial charge is 0.335 e. The van der Waals surface area contributed by atoms with Crippen molar-refractivity contribution in [3.8, 4) is 22.8 Å². The first-order valence-corrected chi connectivity index (χ1v) is 10.3. The highest BCUT2D eigenvalue weighted by molar-refractivity contribution is 6.33. The zero-order valence-corrected chi connectivity index (χ0v) is 19.1. The van der Waals surface area contributed by atoms with E-state index < -0.39 is 51.3 Å². The average Bonchev–Trinajstić information content (AvgIpc) is 3.25. The van der Waals surface area contributed by atoms with Gasteiger partial charge in [-0.15, -0.1) is 0 Å². The molecule has 4 aromatic rings. The van der Waals surface area contributed by atoms with Crippen molar-refractivity contribution >= 4 is 22.8 Å². The standard InChI is InChI=1S/C22H18ClF6N5/c1-20(2,3)17-14(23)16(34(4)33-17)19-31-15-12(22(27,28)29)9-13(30-18(15)32-19)10-7-5-6-8-11(10)21(24,25)26/h5-9H,1-4H3,(H,30,31,32). The van der Waals surface area contributed by atoms with Crippen LogP contribution in [0.4, 0.5) is 26.3 Å². The molecule has 0 bridgehead atoms. The van der Waals surface area contributed by atoms with Crippen LogP contribution in [-0.4, -0.2) is 24.7 Å². The number of benzene rings is 1. The van der Waals surface area contributed by atoms with Gasteiger partial charge in [-0.1, -0.05) is 50.6 Å². The van der Waals surface area contributed by atoms with Gasteiger partial charge in [-0.3, -0.25) is 4.68 Å². The summed E-state index contributed by atoms with van der Waals surface area (Å²) in [5.41, 5.74) is -3.86. The summed E-state index contributed by atoms with van der Waals surface area (Å²) in [5, 5.41) is 4.56. The number of aromatic amines is 1. The Bertz CT molecular complexity index is 1390. The third kappa shape index (κ3) is 4.13. The minimum absolute atomic E-state index is 0.0373. The summed E-state index contributed by atoms with van der Waals surface area (Å²) >= 11 is 6.49. The first-order valence-electron chi connectivity index (χ1n) is 9.97. The molecule has 0 radical (unpaired) electrons. The Morgan fingerprint density at radius 1 is 0.912 bits per heavy atom. The highest BCUT2D eigenvalue weighted by Gasteiger charge is 2.38. The van der Waals surface area contributed by atoms with Gasteiger partial charge in [0.15, 0.2) is 11.5 Å². The lowest BCUT2D eigenvalue weighted by molar-refractivity contribution is -0.137. The molecule has 0 saturated carbocycles. The van der Waals surface area contributed by atoms with Crippen LogP contribution in [-0.2, 0) is 24.8 Å². The number of pyridine rings is 1. The number of nitrogens with zero attached hydrogens (tertiary/aromatic N) is 4. The van der Waals surface area contributed by atoms with Crippen LogP contribution in [0.5, 0.6) is 0 Å². The Morgan fingerprint density at radius 3 is 2.09 bits per heavy atom. The molecule has 0 atom stereocenters. The number of imidazole rings is 1. The summed E-state index contributed by atoms with van der Waals surface area (Å²) in [4.78, 5) is 10.8.